The van der Waals surface area contributed by atoms with Crippen molar-refractivity contribution in [2.45, 2.75) is 44.2 Å². The van der Waals surface area contributed by atoms with E-state index in [9.17, 15) is 0 Å². The monoisotopic (exact) mass is 402 g/mol. The lowest BCUT2D eigenvalue weighted by Gasteiger charge is -2.41. The van der Waals surface area contributed by atoms with Crippen molar-refractivity contribution < 1.29 is 9.47 Å². The van der Waals surface area contributed by atoms with Gasteiger partial charge in [0.1, 0.15) is 0 Å². The average molecular weight is 403 g/mol. The summed E-state index contributed by atoms with van der Waals surface area (Å²) >= 11 is 0. The number of ether oxygens (including phenoxy) is 2. The highest BCUT2D eigenvalue weighted by Crippen LogP contribution is 2.28. The van der Waals surface area contributed by atoms with Crippen molar-refractivity contribution in [1.29, 1.82) is 0 Å². The van der Waals surface area contributed by atoms with Gasteiger partial charge >= 0.3 is 0 Å². The molecule has 2 N–H and O–H groups in total. The topological polar surface area (TPSA) is 58.1 Å². The van der Waals surface area contributed by atoms with Crippen LogP contribution in [0.5, 0.6) is 0 Å². The van der Waals surface area contributed by atoms with Crippen molar-refractivity contribution >= 4 is 5.96 Å². The lowest BCUT2D eigenvalue weighted by molar-refractivity contribution is 0.0352. The van der Waals surface area contributed by atoms with Gasteiger partial charge in [0.15, 0.2) is 5.96 Å². The quantitative estimate of drug-likeness (QED) is 0.358. The van der Waals surface area contributed by atoms with Gasteiger partial charge in [-0.05, 0) is 44.1 Å². The van der Waals surface area contributed by atoms with Crippen LogP contribution >= 0.6 is 0 Å². The van der Waals surface area contributed by atoms with Gasteiger partial charge in [-0.15, -0.1) is 0 Å². The second kappa shape index (κ2) is 11.0. The Bertz CT molecular complexity index is 627. The lowest BCUT2D eigenvalue weighted by Crippen LogP contribution is -2.58. The van der Waals surface area contributed by atoms with Gasteiger partial charge in [-0.1, -0.05) is 30.3 Å². The zero-order valence-corrected chi connectivity index (χ0v) is 18.3. The van der Waals surface area contributed by atoms with Crippen LogP contribution in [-0.4, -0.2) is 70.0 Å². The van der Waals surface area contributed by atoms with Gasteiger partial charge in [-0.25, -0.2) is 0 Å². The maximum Gasteiger partial charge on any atom is 0.193 e. The van der Waals surface area contributed by atoms with Crippen molar-refractivity contribution in [3.8, 4) is 0 Å². The number of rotatable bonds is 10. The third-order valence-electron chi connectivity index (χ3n) is 6.05. The molecule has 2 aliphatic rings. The maximum absolute atomic E-state index is 5.79. The Morgan fingerprint density at radius 3 is 2.66 bits per heavy atom. The molecular formula is C23H38N4O2. The largest absolute Gasteiger partial charge is 0.381 e. The summed E-state index contributed by atoms with van der Waals surface area (Å²) in [4.78, 5) is 6.64. The van der Waals surface area contributed by atoms with E-state index < -0.39 is 0 Å². The van der Waals surface area contributed by atoms with Crippen LogP contribution in [-0.2, 0) is 9.47 Å². The van der Waals surface area contributed by atoms with Crippen LogP contribution in [0.25, 0.3) is 0 Å². The second-order valence-electron chi connectivity index (χ2n) is 8.51. The van der Waals surface area contributed by atoms with E-state index in [0.29, 0.717) is 0 Å². The summed E-state index contributed by atoms with van der Waals surface area (Å²) in [5.41, 5.74) is 1.31. The van der Waals surface area contributed by atoms with Crippen molar-refractivity contribution in [3.63, 3.8) is 0 Å². The van der Waals surface area contributed by atoms with Gasteiger partial charge in [0.25, 0.3) is 0 Å². The van der Waals surface area contributed by atoms with Crippen LogP contribution in [0.1, 0.15) is 44.2 Å². The number of aliphatic imine (C=N–C) groups is 1. The van der Waals surface area contributed by atoms with E-state index >= 15 is 0 Å². The Morgan fingerprint density at radius 2 is 2.00 bits per heavy atom. The fourth-order valence-electron chi connectivity index (χ4n) is 3.89. The molecule has 162 valence electrons. The number of nitrogens with zero attached hydrogens (tertiary/aromatic N) is 2. The molecule has 0 spiro atoms. The predicted octanol–water partition coefficient (Wildman–Crippen LogP) is 2.82. The minimum Gasteiger partial charge on any atom is -0.381 e. The number of hydrogen-bond donors (Lipinski definition) is 2. The fourth-order valence-corrected chi connectivity index (χ4v) is 3.89. The summed E-state index contributed by atoms with van der Waals surface area (Å²) in [6, 6.07) is 10.9. The Hall–Kier alpha value is -1.63. The fraction of sp³-hybridized carbons (Fsp3) is 0.696. The van der Waals surface area contributed by atoms with E-state index in [1.165, 1.54) is 18.4 Å². The van der Waals surface area contributed by atoms with Crippen LogP contribution in [0.4, 0.5) is 0 Å². The highest BCUT2D eigenvalue weighted by molar-refractivity contribution is 5.79. The molecule has 1 saturated carbocycles. The zero-order chi connectivity index (χ0) is 20.5. The van der Waals surface area contributed by atoms with E-state index in [1.54, 1.807) is 0 Å². The Kier molecular flexibility index (Phi) is 8.33. The Labute approximate surface area is 176 Å². The molecule has 1 heterocycles. The first-order valence-corrected chi connectivity index (χ1v) is 11.0. The second-order valence-corrected chi connectivity index (χ2v) is 8.51. The smallest absolute Gasteiger partial charge is 0.193 e. The highest BCUT2D eigenvalue weighted by atomic mass is 16.5. The van der Waals surface area contributed by atoms with Gasteiger partial charge in [0.05, 0.1) is 6.61 Å². The molecule has 1 atom stereocenters. The van der Waals surface area contributed by atoms with Crippen molar-refractivity contribution in [2.24, 2.45) is 10.9 Å². The molecule has 1 aromatic rings. The molecule has 1 aliphatic carbocycles. The maximum atomic E-state index is 5.79. The third-order valence-corrected chi connectivity index (χ3v) is 6.05. The molecule has 0 aromatic heterocycles. The lowest BCUT2D eigenvalue weighted by atomic mass is 9.88. The van der Waals surface area contributed by atoms with Crippen LogP contribution in [0.3, 0.4) is 0 Å². The van der Waals surface area contributed by atoms with Crippen LogP contribution in [0, 0.1) is 5.92 Å². The molecule has 2 fully saturated rings. The zero-order valence-electron chi connectivity index (χ0n) is 18.3. The molecule has 29 heavy (non-hydrogen) atoms. The molecule has 6 nitrogen and oxygen atoms in total. The first-order valence-electron chi connectivity index (χ1n) is 11.0. The van der Waals surface area contributed by atoms with Crippen LogP contribution in [0.15, 0.2) is 35.3 Å². The van der Waals surface area contributed by atoms with Crippen molar-refractivity contribution in [2.75, 3.05) is 53.6 Å². The van der Waals surface area contributed by atoms with E-state index in [2.05, 4.69) is 64.8 Å². The Balaban J connectivity index is 1.52. The number of benzene rings is 1. The molecule has 0 amide bonds. The molecule has 1 aromatic carbocycles. The van der Waals surface area contributed by atoms with E-state index in [-0.39, 0.29) is 11.6 Å². The summed E-state index contributed by atoms with van der Waals surface area (Å²) < 4.78 is 11.4. The third kappa shape index (κ3) is 6.98. The number of hydrogen-bond acceptors (Lipinski definition) is 4. The molecule has 6 heteroatoms. The minimum atomic E-state index is -0.00718. The van der Waals surface area contributed by atoms with Crippen molar-refractivity contribution in [3.05, 3.63) is 35.9 Å². The van der Waals surface area contributed by atoms with Crippen molar-refractivity contribution in [1.82, 2.24) is 15.5 Å². The number of nitrogens with one attached hydrogen (secondary N) is 2. The molecule has 3 rings (SSSR count). The first kappa shape index (κ1) is 22.1. The molecule has 0 radical (unpaired) electrons. The molecule has 1 saturated heterocycles. The predicted molar refractivity (Wildman–Crippen MR) is 118 cm³/mol. The standard InChI is InChI=1S/C23H38N4O2/c1-19(21-7-5-4-6-8-21)26-23(11-14-28-15-12-23)18-25-22(24-2)27(3)13-16-29-17-20-9-10-20/h4-8,19-20,26H,9-18H2,1-3H3,(H,24,25). The highest BCUT2D eigenvalue weighted by Gasteiger charge is 2.34. The Morgan fingerprint density at radius 1 is 1.28 bits per heavy atom. The van der Waals surface area contributed by atoms with Gasteiger partial charge in [-0.3, -0.25) is 4.99 Å². The van der Waals surface area contributed by atoms with Gasteiger partial charge in [0, 0.05) is 58.6 Å². The van der Waals surface area contributed by atoms with E-state index in [0.717, 1.165) is 64.2 Å². The van der Waals surface area contributed by atoms with E-state index in [1.807, 2.05) is 7.05 Å². The van der Waals surface area contributed by atoms with E-state index in [4.69, 9.17) is 9.47 Å². The van der Waals surface area contributed by atoms with Crippen LogP contribution < -0.4 is 10.6 Å². The first-order chi connectivity index (χ1) is 14.1. The molecule has 1 aliphatic heterocycles. The summed E-state index contributed by atoms with van der Waals surface area (Å²) in [5.74, 6) is 1.73. The van der Waals surface area contributed by atoms with Gasteiger partial charge in [0.2, 0.25) is 0 Å². The summed E-state index contributed by atoms with van der Waals surface area (Å²) in [5, 5.41) is 7.50. The summed E-state index contributed by atoms with van der Waals surface area (Å²) in [6.45, 7) is 7.15. The summed E-state index contributed by atoms with van der Waals surface area (Å²) in [6.07, 6.45) is 4.64. The SMILES string of the molecule is CN=C(NCC1(NC(C)c2ccccc2)CCOCC1)N(C)CCOCC1CC1. The molecular weight excluding hydrogens is 364 g/mol. The molecule has 1 unspecified atom stereocenters. The number of guanidine groups is 1. The minimum absolute atomic E-state index is 0.00718. The van der Waals surface area contributed by atoms with Crippen LogP contribution in [0.2, 0.25) is 0 Å². The summed E-state index contributed by atoms with van der Waals surface area (Å²) in [7, 11) is 3.92. The molecule has 0 bridgehead atoms. The van der Waals surface area contributed by atoms with Gasteiger partial charge in [-0.2, -0.15) is 0 Å². The normalized spacial score (nSPS) is 20.3. The van der Waals surface area contributed by atoms with Gasteiger partial charge < -0.3 is 25.0 Å². The number of likely N-dealkylation sites (N-methyl/N-ethyl adjacent to an activating group) is 1. The average Bonchev–Trinajstić information content (AvgIpc) is 3.57.